The molecule has 11 aromatic rings. The second kappa shape index (κ2) is 12.5. The molecular weight excluding hydrogens is 699 g/mol. The number of allylic oxidation sites excluding steroid dienone is 1. The molecule has 0 fully saturated rings. The van der Waals surface area contributed by atoms with Gasteiger partial charge in [0.05, 0.1) is 27.6 Å². The number of benzene rings is 7. The number of hydrogen-bond donors (Lipinski definition) is 0. The highest BCUT2D eigenvalue weighted by atomic mass is 16.3. The summed E-state index contributed by atoms with van der Waals surface area (Å²) in [4.78, 5) is 15.5. The lowest BCUT2D eigenvalue weighted by atomic mass is 9.88. The molecule has 4 heterocycles. The third-order valence-electron chi connectivity index (χ3n) is 11.6. The number of hydrogen-bond acceptors (Lipinski definition) is 4. The molecule has 0 N–H and O–H groups in total. The zero-order valence-electron chi connectivity index (χ0n) is 30.7. The van der Waals surface area contributed by atoms with Gasteiger partial charge in [-0.15, -0.1) is 0 Å². The minimum atomic E-state index is 0.278. The lowest BCUT2D eigenvalue weighted by Gasteiger charge is -2.21. The van der Waals surface area contributed by atoms with Crippen molar-refractivity contribution in [2.24, 2.45) is 0 Å². The smallest absolute Gasteiger partial charge is 0.238 e. The number of furan rings is 1. The van der Waals surface area contributed by atoms with Crippen LogP contribution in [0.4, 0.5) is 0 Å². The summed E-state index contributed by atoms with van der Waals surface area (Å²) in [6.07, 6.45) is 5.57. The first kappa shape index (κ1) is 31.7. The van der Waals surface area contributed by atoms with Crippen LogP contribution in [0.1, 0.15) is 22.7 Å². The summed E-state index contributed by atoms with van der Waals surface area (Å²) >= 11 is 0. The van der Waals surface area contributed by atoms with Gasteiger partial charge >= 0.3 is 0 Å². The fraction of sp³-hybridized carbons (Fsp3) is 0.0392. The molecule has 6 nitrogen and oxygen atoms in total. The van der Waals surface area contributed by atoms with Crippen LogP contribution in [0.5, 0.6) is 0 Å². The average molecular weight is 732 g/mol. The van der Waals surface area contributed by atoms with E-state index in [1.54, 1.807) is 0 Å². The SMILES string of the molecule is C1=CC(c2ccccc2)Cc2c1c1ccccc1n2-c1cccc2oc3ccc(-c4nc(-c5ccccc5)nc(-n5c6ccccc6c6ccccc65)n4)cc3c12. The summed E-state index contributed by atoms with van der Waals surface area (Å²) in [6.45, 7) is 0. The Kier molecular flexibility index (Phi) is 6.95. The van der Waals surface area contributed by atoms with Gasteiger partial charge in [0, 0.05) is 49.8 Å². The predicted octanol–water partition coefficient (Wildman–Crippen LogP) is 12.5. The second-order valence-electron chi connectivity index (χ2n) is 14.8. The number of fused-ring (bicyclic) bond motifs is 9. The van der Waals surface area contributed by atoms with Crippen LogP contribution < -0.4 is 0 Å². The van der Waals surface area contributed by atoms with Crippen molar-refractivity contribution in [2.75, 3.05) is 0 Å². The van der Waals surface area contributed by atoms with Gasteiger partial charge in [0.2, 0.25) is 5.95 Å². The average Bonchev–Trinajstić information content (AvgIpc) is 3.94. The standard InChI is InChI=1S/C51H33N5O/c1-3-14-32(15-4-1)34-26-28-39-38-20-7-10-21-41(38)55(45(39)31-34)44-24-13-25-47-48(44)40-30-35(27-29-46(40)57-47)50-52-49(33-16-5-2-6-17-33)53-51(54-50)56-42-22-11-8-18-36(42)37-19-9-12-23-43(37)56/h1-30,34H,31H2. The largest absolute Gasteiger partial charge is 0.456 e. The molecule has 0 amide bonds. The summed E-state index contributed by atoms with van der Waals surface area (Å²) in [5, 5.41) is 5.62. The van der Waals surface area contributed by atoms with Crippen molar-refractivity contribution in [1.82, 2.24) is 24.1 Å². The lowest BCUT2D eigenvalue weighted by molar-refractivity contribution is 0.668. The van der Waals surface area contributed by atoms with E-state index in [1.165, 1.54) is 27.7 Å². The number of para-hydroxylation sites is 3. The Hall–Kier alpha value is -7.57. The van der Waals surface area contributed by atoms with Crippen LogP contribution in [0.15, 0.2) is 180 Å². The van der Waals surface area contributed by atoms with E-state index in [0.717, 1.165) is 67.0 Å². The van der Waals surface area contributed by atoms with Crippen LogP contribution in [-0.2, 0) is 6.42 Å². The van der Waals surface area contributed by atoms with Gasteiger partial charge in [-0.2, -0.15) is 9.97 Å². The van der Waals surface area contributed by atoms with E-state index < -0.39 is 0 Å². The maximum Gasteiger partial charge on any atom is 0.238 e. The molecule has 4 aromatic heterocycles. The maximum absolute atomic E-state index is 6.62. The number of nitrogens with zero attached hydrogens (tertiary/aromatic N) is 5. The zero-order chi connectivity index (χ0) is 37.5. The molecule has 0 saturated heterocycles. The first-order valence-corrected chi connectivity index (χ1v) is 19.4. The van der Waals surface area contributed by atoms with E-state index in [1.807, 2.05) is 30.3 Å². The van der Waals surface area contributed by atoms with Crippen molar-refractivity contribution in [3.8, 4) is 34.4 Å². The van der Waals surface area contributed by atoms with Crippen molar-refractivity contribution in [3.05, 3.63) is 193 Å². The third-order valence-corrected chi connectivity index (χ3v) is 11.6. The van der Waals surface area contributed by atoms with Gasteiger partial charge in [-0.3, -0.25) is 4.57 Å². The third kappa shape index (κ3) is 4.94. The van der Waals surface area contributed by atoms with Crippen LogP contribution in [-0.4, -0.2) is 24.1 Å². The molecular formula is C51H33N5O. The van der Waals surface area contributed by atoms with E-state index in [-0.39, 0.29) is 5.92 Å². The Bertz CT molecular complexity index is 3340. The van der Waals surface area contributed by atoms with Crippen molar-refractivity contribution in [2.45, 2.75) is 12.3 Å². The molecule has 1 atom stereocenters. The molecule has 6 heteroatoms. The first-order valence-electron chi connectivity index (χ1n) is 19.4. The Morgan fingerprint density at radius 1 is 0.491 bits per heavy atom. The Balaban J connectivity index is 1.08. The molecule has 0 radical (unpaired) electrons. The van der Waals surface area contributed by atoms with Gasteiger partial charge in [0.25, 0.3) is 0 Å². The van der Waals surface area contributed by atoms with Gasteiger partial charge < -0.3 is 8.98 Å². The second-order valence-corrected chi connectivity index (χ2v) is 14.8. The number of rotatable bonds is 5. The van der Waals surface area contributed by atoms with Gasteiger partial charge in [0.1, 0.15) is 11.2 Å². The quantitative estimate of drug-likeness (QED) is 0.177. The van der Waals surface area contributed by atoms with E-state index >= 15 is 0 Å². The zero-order valence-corrected chi connectivity index (χ0v) is 30.7. The van der Waals surface area contributed by atoms with Gasteiger partial charge in [-0.1, -0.05) is 133 Å². The van der Waals surface area contributed by atoms with Crippen LogP contribution in [0.25, 0.3) is 95.1 Å². The molecule has 12 rings (SSSR count). The van der Waals surface area contributed by atoms with E-state index in [9.17, 15) is 0 Å². The molecule has 0 aliphatic heterocycles. The summed E-state index contributed by atoms with van der Waals surface area (Å²) in [6, 6.07) is 59.3. The van der Waals surface area contributed by atoms with Gasteiger partial charge in [-0.25, -0.2) is 4.98 Å². The fourth-order valence-corrected chi connectivity index (χ4v) is 8.98. The molecule has 268 valence electrons. The highest BCUT2D eigenvalue weighted by Gasteiger charge is 2.26. The predicted molar refractivity (Wildman–Crippen MR) is 231 cm³/mol. The molecule has 1 aliphatic rings. The van der Waals surface area contributed by atoms with Gasteiger partial charge in [0.15, 0.2) is 11.6 Å². The van der Waals surface area contributed by atoms with Crippen molar-refractivity contribution in [3.63, 3.8) is 0 Å². The molecule has 57 heavy (non-hydrogen) atoms. The van der Waals surface area contributed by atoms with Gasteiger partial charge in [-0.05, 0) is 60.5 Å². The minimum absolute atomic E-state index is 0.278. The Morgan fingerprint density at radius 3 is 1.86 bits per heavy atom. The van der Waals surface area contributed by atoms with Crippen LogP contribution in [0.3, 0.4) is 0 Å². The van der Waals surface area contributed by atoms with Crippen LogP contribution in [0, 0.1) is 0 Å². The lowest BCUT2D eigenvalue weighted by Crippen LogP contribution is -2.10. The highest BCUT2D eigenvalue weighted by molar-refractivity contribution is 6.12. The fourth-order valence-electron chi connectivity index (χ4n) is 8.98. The first-order chi connectivity index (χ1) is 28.3. The van der Waals surface area contributed by atoms with E-state index in [0.29, 0.717) is 17.6 Å². The van der Waals surface area contributed by atoms with Crippen LogP contribution >= 0.6 is 0 Å². The van der Waals surface area contributed by atoms with Crippen LogP contribution in [0.2, 0.25) is 0 Å². The molecule has 1 unspecified atom stereocenters. The summed E-state index contributed by atoms with van der Waals surface area (Å²) in [5.74, 6) is 2.05. The summed E-state index contributed by atoms with van der Waals surface area (Å²) in [7, 11) is 0. The molecule has 7 aromatic carbocycles. The normalized spacial score (nSPS) is 14.0. The molecule has 1 aliphatic carbocycles. The molecule has 0 spiro atoms. The van der Waals surface area contributed by atoms with Crippen molar-refractivity contribution >= 4 is 60.7 Å². The maximum atomic E-state index is 6.62. The van der Waals surface area contributed by atoms with Crippen molar-refractivity contribution < 1.29 is 4.42 Å². The van der Waals surface area contributed by atoms with E-state index in [4.69, 9.17) is 19.4 Å². The summed E-state index contributed by atoms with van der Waals surface area (Å²) in [5.41, 5.74) is 11.7. The molecule has 0 saturated carbocycles. The van der Waals surface area contributed by atoms with Crippen molar-refractivity contribution in [1.29, 1.82) is 0 Å². The summed E-state index contributed by atoms with van der Waals surface area (Å²) < 4.78 is 11.2. The highest BCUT2D eigenvalue weighted by Crippen LogP contribution is 2.42. The number of aromatic nitrogens is 5. The Labute approximate surface area is 327 Å². The topological polar surface area (TPSA) is 61.7 Å². The minimum Gasteiger partial charge on any atom is -0.456 e. The van der Waals surface area contributed by atoms with E-state index in [2.05, 4.69) is 161 Å². The monoisotopic (exact) mass is 731 g/mol. The Morgan fingerprint density at radius 2 is 1.12 bits per heavy atom. The molecule has 0 bridgehead atoms.